The molecule has 0 saturated carbocycles. The normalized spacial score (nSPS) is 10.9. The first-order chi connectivity index (χ1) is 13.3. The first kappa shape index (κ1) is 19.2. The van der Waals surface area contributed by atoms with Gasteiger partial charge in [-0.15, -0.1) is 0 Å². The largest absolute Gasteiger partial charge is 0.426 e. The van der Waals surface area contributed by atoms with Crippen molar-refractivity contribution in [2.24, 2.45) is 0 Å². The Kier molecular flexibility index (Phi) is 5.46. The summed E-state index contributed by atoms with van der Waals surface area (Å²) in [7, 11) is 0. The van der Waals surface area contributed by atoms with Crippen molar-refractivity contribution in [2.45, 2.75) is 12.6 Å². The number of hydrogen-bond donors (Lipinski definition) is 0. The van der Waals surface area contributed by atoms with Crippen molar-refractivity contribution in [3.8, 4) is 22.9 Å². The van der Waals surface area contributed by atoms with Crippen LogP contribution in [0.4, 0.5) is 13.2 Å². The van der Waals surface area contributed by atoms with Crippen molar-refractivity contribution in [1.29, 1.82) is 5.26 Å². The summed E-state index contributed by atoms with van der Waals surface area (Å²) in [6, 6.07) is 20.4. The Bertz CT molecular complexity index is 1020. The summed E-state index contributed by atoms with van der Waals surface area (Å²) >= 11 is 0. The first-order valence-electron chi connectivity index (χ1n) is 8.32. The second-order valence-electron chi connectivity index (χ2n) is 6.06. The molecule has 3 nitrogen and oxygen atoms in total. The molecule has 0 N–H and O–H groups in total. The number of alkyl halides is 3. The molecular weight excluding hydrogens is 367 g/mol. The van der Waals surface area contributed by atoms with Gasteiger partial charge in [-0.3, -0.25) is 4.79 Å². The van der Waals surface area contributed by atoms with E-state index in [1.165, 1.54) is 12.1 Å². The summed E-state index contributed by atoms with van der Waals surface area (Å²) in [6.45, 7) is 0. The van der Waals surface area contributed by atoms with Gasteiger partial charge in [-0.05, 0) is 47.0 Å². The molecule has 0 aliphatic heterocycles. The summed E-state index contributed by atoms with van der Waals surface area (Å²) in [5, 5.41) is 8.83. The summed E-state index contributed by atoms with van der Waals surface area (Å²) < 4.78 is 43.4. The third kappa shape index (κ3) is 4.77. The molecule has 0 fully saturated rings. The Morgan fingerprint density at radius 2 is 1.54 bits per heavy atom. The van der Waals surface area contributed by atoms with Crippen molar-refractivity contribution in [2.75, 3.05) is 0 Å². The summed E-state index contributed by atoms with van der Waals surface area (Å²) in [5.74, 6) is -0.347. The Morgan fingerprint density at radius 1 is 0.929 bits per heavy atom. The highest BCUT2D eigenvalue weighted by Gasteiger charge is 2.30. The highest BCUT2D eigenvalue weighted by atomic mass is 19.4. The zero-order chi connectivity index (χ0) is 20.1. The highest BCUT2D eigenvalue weighted by molar-refractivity contribution is 5.75. The zero-order valence-electron chi connectivity index (χ0n) is 14.5. The van der Waals surface area contributed by atoms with E-state index in [9.17, 15) is 18.0 Å². The predicted octanol–water partition coefficient (Wildman–Crippen LogP) is 5.39. The average molecular weight is 381 g/mol. The molecule has 0 heterocycles. The molecule has 0 spiro atoms. The minimum Gasteiger partial charge on any atom is -0.426 e. The molecule has 140 valence electrons. The first-order valence-corrected chi connectivity index (χ1v) is 8.32. The van der Waals surface area contributed by atoms with Gasteiger partial charge in [-0.2, -0.15) is 18.4 Å². The molecule has 0 bridgehead atoms. The van der Waals surface area contributed by atoms with Crippen LogP contribution in [0.2, 0.25) is 0 Å². The fourth-order valence-electron chi connectivity index (χ4n) is 2.64. The van der Waals surface area contributed by atoms with Crippen molar-refractivity contribution in [3.63, 3.8) is 0 Å². The SMILES string of the molecule is N#Cc1ccc(-c2ccc(OC(=O)Cc3cccc(C(F)(F)F)c3)cc2)cc1. The lowest BCUT2D eigenvalue weighted by atomic mass is 10.0. The van der Waals surface area contributed by atoms with Crippen LogP contribution in [0.3, 0.4) is 0 Å². The van der Waals surface area contributed by atoms with E-state index in [1.54, 1.807) is 36.4 Å². The number of halogens is 3. The van der Waals surface area contributed by atoms with Gasteiger partial charge >= 0.3 is 12.1 Å². The molecule has 0 aliphatic carbocycles. The highest BCUT2D eigenvalue weighted by Crippen LogP contribution is 2.29. The van der Waals surface area contributed by atoms with Gasteiger partial charge in [0.15, 0.2) is 0 Å². The van der Waals surface area contributed by atoms with E-state index in [1.807, 2.05) is 18.2 Å². The van der Waals surface area contributed by atoms with Gasteiger partial charge in [-0.1, -0.05) is 42.5 Å². The molecule has 0 unspecified atom stereocenters. The second-order valence-corrected chi connectivity index (χ2v) is 6.06. The van der Waals surface area contributed by atoms with E-state index in [4.69, 9.17) is 10.00 Å². The van der Waals surface area contributed by atoms with E-state index in [0.717, 1.165) is 23.3 Å². The topological polar surface area (TPSA) is 50.1 Å². The molecule has 3 rings (SSSR count). The van der Waals surface area contributed by atoms with Crippen LogP contribution in [-0.4, -0.2) is 5.97 Å². The number of carbonyl (C=O) groups excluding carboxylic acids is 1. The number of benzene rings is 3. The van der Waals surface area contributed by atoms with Crippen LogP contribution >= 0.6 is 0 Å². The third-order valence-electron chi connectivity index (χ3n) is 4.04. The van der Waals surface area contributed by atoms with E-state index in [0.29, 0.717) is 11.3 Å². The van der Waals surface area contributed by atoms with Crippen molar-refractivity contribution < 1.29 is 22.7 Å². The fourth-order valence-corrected chi connectivity index (χ4v) is 2.64. The van der Waals surface area contributed by atoms with E-state index in [-0.39, 0.29) is 12.0 Å². The van der Waals surface area contributed by atoms with Crippen LogP contribution < -0.4 is 4.74 Å². The number of nitriles is 1. The lowest BCUT2D eigenvalue weighted by Crippen LogP contribution is -2.12. The molecular formula is C22H14F3NO2. The van der Waals surface area contributed by atoms with Crippen molar-refractivity contribution >= 4 is 5.97 Å². The van der Waals surface area contributed by atoms with Gasteiger partial charge in [0.2, 0.25) is 0 Å². The van der Waals surface area contributed by atoms with E-state index < -0.39 is 17.7 Å². The number of nitrogens with zero attached hydrogens (tertiary/aromatic N) is 1. The summed E-state index contributed by atoms with van der Waals surface area (Å²) in [4.78, 5) is 12.0. The Balaban J connectivity index is 1.65. The lowest BCUT2D eigenvalue weighted by molar-refractivity contribution is -0.138. The molecule has 0 radical (unpaired) electrons. The van der Waals surface area contributed by atoms with Crippen LogP contribution in [0, 0.1) is 11.3 Å². The number of rotatable bonds is 4. The summed E-state index contributed by atoms with van der Waals surface area (Å²) in [5.41, 5.74) is 1.77. The maximum atomic E-state index is 12.7. The number of esters is 1. The summed E-state index contributed by atoms with van der Waals surface area (Å²) in [6.07, 6.45) is -4.72. The molecule has 28 heavy (non-hydrogen) atoms. The van der Waals surface area contributed by atoms with Gasteiger partial charge in [0.1, 0.15) is 5.75 Å². The minimum atomic E-state index is -4.46. The fraction of sp³-hybridized carbons (Fsp3) is 0.0909. The number of hydrogen-bond acceptors (Lipinski definition) is 3. The Morgan fingerprint density at radius 3 is 2.11 bits per heavy atom. The Hall–Kier alpha value is -3.59. The van der Waals surface area contributed by atoms with Gasteiger partial charge in [-0.25, -0.2) is 0 Å². The van der Waals surface area contributed by atoms with Crippen molar-refractivity contribution in [1.82, 2.24) is 0 Å². The molecule has 6 heteroatoms. The third-order valence-corrected chi connectivity index (χ3v) is 4.04. The quantitative estimate of drug-likeness (QED) is 0.450. The average Bonchev–Trinajstić information content (AvgIpc) is 2.68. The second kappa shape index (κ2) is 7.97. The maximum absolute atomic E-state index is 12.7. The molecule has 3 aromatic rings. The van der Waals surface area contributed by atoms with Crippen LogP contribution in [0.25, 0.3) is 11.1 Å². The van der Waals surface area contributed by atoms with Crippen LogP contribution in [-0.2, 0) is 17.4 Å². The lowest BCUT2D eigenvalue weighted by Gasteiger charge is -2.09. The predicted molar refractivity (Wildman–Crippen MR) is 97.4 cm³/mol. The van der Waals surface area contributed by atoms with Crippen molar-refractivity contribution in [3.05, 3.63) is 89.5 Å². The number of ether oxygens (including phenoxy) is 1. The molecule has 0 aromatic heterocycles. The number of carbonyl (C=O) groups is 1. The molecule has 0 atom stereocenters. The monoisotopic (exact) mass is 381 g/mol. The Labute approximate surface area is 159 Å². The van der Waals surface area contributed by atoms with Gasteiger partial charge in [0, 0.05) is 0 Å². The molecule has 0 amide bonds. The molecule has 0 aliphatic rings. The standard InChI is InChI=1S/C22H14F3NO2/c23-22(24,25)19-3-1-2-16(12-19)13-21(27)28-20-10-8-18(9-11-20)17-6-4-15(14-26)5-7-17/h1-12H,13H2. The molecule has 0 saturated heterocycles. The van der Waals surface area contributed by atoms with Gasteiger partial charge in [0.05, 0.1) is 23.6 Å². The van der Waals surface area contributed by atoms with Crippen LogP contribution in [0.15, 0.2) is 72.8 Å². The van der Waals surface area contributed by atoms with Crippen LogP contribution in [0.5, 0.6) is 5.75 Å². The van der Waals surface area contributed by atoms with E-state index in [2.05, 4.69) is 0 Å². The van der Waals surface area contributed by atoms with Gasteiger partial charge < -0.3 is 4.74 Å². The van der Waals surface area contributed by atoms with Gasteiger partial charge in [0.25, 0.3) is 0 Å². The minimum absolute atomic E-state index is 0.231. The zero-order valence-corrected chi connectivity index (χ0v) is 14.5. The molecule has 3 aromatic carbocycles. The van der Waals surface area contributed by atoms with E-state index >= 15 is 0 Å². The van der Waals surface area contributed by atoms with Crippen LogP contribution in [0.1, 0.15) is 16.7 Å². The maximum Gasteiger partial charge on any atom is 0.416 e. The smallest absolute Gasteiger partial charge is 0.416 e.